The lowest BCUT2D eigenvalue weighted by atomic mass is 10.3. The minimum atomic E-state index is -3.12. The first-order valence-corrected chi connectivity index (χ1v) is 9.07. The van der Waals surface area contributed by atoms with Gasteiger partial charge in [0.25, 0.3) is 5.66 Å². The minimum absolute atomic E-state index is 0.132. The molecule has 3 aromatic rings. The summed E-state index contributed by atoms with van der Waals surface area (Å²) >= 11 is 0. The van der Waals surface area contributed by atoms with Gasteiger partial charge in [0.1, 0.15) is 28.8 Å². The number of pyridine rings is 2. The number of hydrogen-bond donors (Lipinski definition) is 3. The molecular formula is C18H20F2N7P. The van der Waals surface area contributed by atoms with E-state index in [0.717, 1.165) is 0 Å². The molecule has 3 aromatic heterocycles. The van der Waals surface area contributed by atoms with Crippen LogP contribution in [0.25, 0.3) is 11.5 Å². The van der Waals surface area contributed by atoms with E-state index in [2.05, 4.69) is 30.6 Å². The topological polar surface area (TPSA) is 102 Å². The average Bonchev–Trinajstić information content (AvgIpc) is 2.60. The molecule has 0 amide bonds. The molecule has 0 fully saturated rings. The standard InChI is InChI=1S/C18H20F2N7P/c1-10(2)23-15-9-16(24-11-6-7-22-13(8-11)18(19,20)28)27-17(26-15)12-4-3-5-14(21)25-12/h3-10H,28H2,1-2H3,(H2,21,25)(H2,22,23,24,26,27). The molecular weight excluding hydrogens is 383 g/mol. The van der Waals surface area contributed by atoms with Gasteiger partial charge in [0.15, 0.2) is 5.82 Å². The number of nitrogens with two attached hydrogens (primary N) is 1. The third-order valence-electron chi connectivity index (χ3n) is 3.54. The molecule has 0 aromatic carbocycles. The lowest BCUT2D eigenvalue weighted by Gasteiger charge is -2.14. The highest BCUT2D eigenvalue weighted by Gasteiger charge is 2.26. The molecule has 0 spiro atoms. The SMILES string of the molecule is CC(C)Nc1cc(Nc2ccnc(C(F)(F)P)c2)nc(-c2cccc(N)n2)n1. The Labute approximate surface area is 163 Å². The van der Waals surface area contributed by atoms with Crippen LogP contribution >= 0.6 is 9.24 Å². The Morgan fingerprint density at radius 2 is 1.82 bits per heavy atom. The maximum Gasteiger partial charge on any atom is 0.300 e. The number of alkyl halides is 2. The van der Waals surface area contributed by atoms with E-state index in [-0.39, 0.29) is 11.7 Å². The Kier molecular flexibility index (Phi) is 5.65. The number of nitrogens with one attached hydrogen (secondary N) is 2. The number of nitrogen functional groups attached to an aromatic ring is 1. The summed E-state index contributed by atoms with van der Waals surface area (Å²) in [6, 6.07) is 9.84. The lowest BCUT2D eigenvalue weighted by Crippen LogP contribution is -2.12. The second kappa shape index (κ2) is 7.98. The van der Waals surface area contributed by atoms with Gasteiger partial charge in [-0.1, -0.05) is 15.3 Å². The number of halogens is 2. The van der Waals surface area contributed by atoms with Gasteiger partial charge in [-0.15, -0.1) is 0 Å². The highest BCUT2D eigenvalue weighted by molar-refractivity contribution is 7.17. The van der Waals surface area contributed by atoms with Crippen molar-refractivity contribution < 1.29 is 8.78 Å². The number of anilines is 4. The molecule has 0 aliphatic carbocycles. The maximum atomic E-state index is 13.5. The number of nitrogens with zero attached hydrogens (tertiary/aromatic N) is 4. The zero-order chi connectivity index (χ0) is 20.3. The quantitative estimate of drug-likeness (QED) is 0.535. The molecule has 3 rings (SSSR count). The van der Waals surface area contributed by atoms with Crippen LogP contribution in [0.15, 0.2) is 42.6 Å². The Bertz CT molecular complexity index is 976. The van der Waals surface area contributed by atoms with Crippen LogP contribution < -0.4 is 16.4 Å². The molecule has 0 saturated heterocycles. The average molecular weight is 403 g/mol. The number of rotatable bonds is 6. The van der Waals surface area contributed by atoms with Crippen LogP contribution in [-0.2, 0) is 5.66 Å². The van der Waals surface area contributed by atoms with E-state index in [4.69, 9.17) is 5.73 Å². The van der Waals surface area contributed by atoms with Crippen LogP contribution in [0.2, 0.25) is 0 Å². The minimum Gasteiger partial charge on any atom is -0.384 e. The first-order chi connectivity index (χ1) is 13.2. The van der Waals surface area contributed by atoms with Crippen molar-refractivity contribution in [3.05, 3.63) is 48.3 Å². The fraction of sp³-hybridized carbons (Fsp3) is 0.222. The third-order valence-corrected chi connectivity index (χ3v) is 3.83. The van der Waals surface area contributed by atoms with E-state index in [1.165, 1.54) is 21.5 Å². The van der Waals surface area contributed by atoms with Gasteiger partial charge >= 0.3 is 0 Å². The highest BCUT2D eigenvalue weighted by Crippen LogP contribution is 2.34. The van der Waals surface area contributed by atoms with Crippen molar-refractivity contribution in [1.29, 1.82) is 0 Å². The number of hydrogen-bond acceptors (Lipinski definition) is 7. The molecule has 1 atom stereocenters. The van der Waals surface area contributed by atoms with Crippen LogP contribution in [0.1, 0.15) is 19.5 Å². The van der Waals surface area contributed by atoms with Gasteiger partial charge < -0.3 is 16.4 Å². The van der Waals surface area contributed by atoms with E-state index < -0.39 is 5.66 Å². The zero-order valence-electron chi connectivity index (χ0n) is 15.3. The molecule has 0 radical (unpaired) electrons. The van der Waals surface area contributed by atoms with Crippen molar-refractivity contribution in [1.82, 2.24) is 19.9 Å². The third kappa shape index (κ3) is 5.07. The molecule has 7 nitrogen and oxygen atoms in total. The van der Waals surface area contributed by atoms with Crippen LogP contribution in [-0.4, -0.2) is 26.0 Å². The second-order valence-corrected chi connectivity index (χ2v) is 7.11. The van der Waals surface area contributed by atoms with Gasteiger partial charge in [0.05, 0.1) is 0 Å². The largest absolute Gasteiger partial charge is 0.384 e. The van der Waals surface area contributed by atoms with Crippen molar-refractivity contribution in [2.24, 2.45) is 0 Å². The van der Waals surface area contributed by atoms with Crippen molar-refractivity contribution in [3.8, 4) is 11.5 Å². The van der Waals surface area contributed by atoms with E-state index in [1.807, 2.05) is 13.8 Å². The molecule has 4 N–H and O–H groups in total. The Balaban J connectivity index is 1.99. The molecule has 1 unspecified atom stereocenters. The smallest absolute Gasteiger partial charge is 0.300 e. The molecule has 0 bridgehead atoms. The summed E-state index contributed by atoms with van der Waals surface area (Å²) in [5, 5.41) is 6.23. The molecule has 0 aliphatic rings. The van der Waals surface area contributed by atoms with Crippen LogP contribution in [0, 0.1) is 0 Å². The molecule has 0 aliphatic heterocycles. The van der Waals surface area contributed by atoms with Gasteiger partial charge in [-0.2, -0.15) is 8.78 Å². The summed E-state index contributed by atoms with van der Waals surface area (Å²) in [7, 11) is 1.48. The van der Waals surface area contributed by atoms with E-state index in [0.29, 0.717) is 34.7 Å². The van der Waals surface area contributed by atoms with Gasteiger partial charge in [-0.05, 0) is 38.1 Å². The van der Waals surface area contributed by atoms with Gasteiger partial charge in [-0.25, -0.2) is 15.0 Å². The fourth-order valence-electron chi connectivity index (χ4n) is 2.41. The van der Waals surface area contributed by atoms with Gasteiger partial charge in [-0.3, -0.25) is 4.98 Å². The summed E-state index contributed by atoms with van der Waals surface area (Å²) in [6.07, 6.45) is 1.31. The molecule has 146 valence electrons. The lowest BCUT2D eigenvalue weighted by molar-refractivity contribution is 0.0987. The summed E-state index contributed by atoms with van der Waals surface area (Å²) in [6.45, 7) is 3.95. The van der Waals surface area contributed by atoms with Gasteiger partial charge in [0.2, 0.25) is 0 Å². The first kappa shape index (κ1) is 19.8. The fourth-order valence-corrected chi connectivity index (χ4v) is 2.57. The second-order valence-electron chi connectivity index (χ2n) is 6.39. The molecule has 0 saturated carbocycles. The molecule has 28 heavy (non-hydrogen) atoms. The monoisotopic (exact) mass is 403 g/mol. The van der Waals surface area contributed by atoms with Crippen molar-refractivity contribution in [2.75, 3.05) is 16.4 Å². The first-order valence-electron chi connectivity index (χ1n) is 8.49. The van der Waals surface area contributed by atoms with Gasteiger partial charge in [0, 0.05) is 24.0 Å². The number of aromatic nitrogens is 4. The normalized spacial score (nSPS) is 11.5. The zero-order valence-corrected chi connectivity index (χ0v) is 16.5. The van der Waals surface area contributed by atoms with Crippen molar-refractivity contribution >= 4 is 32.4 Å². The molecule has 10 heteroatoms. The van der Waals surface area contributed by atoms with E-state index >= 15 is 0 Å². The Hall–Kier alpha value is -2.93. The summed E-state index contributed by atoms with van der Waals surface area (Å²) in [5.41, 5.74) is 3.20. The van der Waals surface area contributed by atoms with Crippen LogP contribution in [0.4, 0.5) is 31.9 Å². The maximum absolute atomic E-state index is 13.5. The summed E-state index contributed by atoms with van der Waals surface area (Å²) in [5.74, 6) is 1.68. The summed E-state index contributed by atoms with van der Waals surface area (Å²) < 4.78 is 27.0. The van der Waals surface area contributed by atoms with E-state index in [1.54, 1.807) is 30.3 Å². The molecule has 3 heterocycles. The predicted octanol–water partition coefficient (Wildman–Crippen LogP) is 4.00. The van der Waals surface area contributed by atoms with Crippen molar-refractivity contribution in [2.45, 2.75) is 25.6 Å². The predicted molar refractivity (Wildman–Crippen MR) is 110 cm³/mol. The van der Waals surface area contributed by atoms with Crippen LogP contribution in [0.3, 0.4) is 0 Å². The van der Waals surface area contributed by atoms with Crippen LogP contribution in [0.5, 0.6) is 0 Å². The van der Waals surface area contributed by atoms with Crippen molar-refractivity contribution in [3.63, 3.8) is 0 Å². The Morgan fingerprint density at radius 3 is 2.50 bits per heavy atom. The Morgan fingerprint density at radius 1 is 1.07 bits per heavy atom. The van der Waals surface area contributed by atoms with E-state index in [9.17, 15) is 8.78 Å². The summed E-state index contributed by atoms with van der Waals surface area (Å²) in [4.78, 5) is 16.9. The highest BCUT2D eigenvalue weighted by atomic mass is 31.0.